The van der Waals surface area contributed by atoms with E-state index in [1.807, 2.05) is 71.0 Å². The van der Waals surface area contributed by atoms with Crippen LogP contribution in [-0.4, -0.2) is 25.7 Å². The summed E-state index contributed by atoms with van der Waals surface area (Å²) >= 11 is 0. The summed E-state index contributed by atoms with van der Waals surface area (Å²) in [6.07, 6.45) is 0. The molecule has 0 saturated heterocycles. The van der Waals surface area contributed by atoms with Gasteiger partial charge in [-0.3, -0.25) is 4.79 Å². The van der Waals surface area contributed by atoms with Gasteiger partial charge in [-0.25, -0.2) is 0 Å². The molecule has 0 radical (unpaired) electrons. The Labute approximate surface area is 161 Å². The van der Waals surface area contributed by atoms with Gasteiger partial charge in [-0.1, -0.05) is 18.2 Å². The molecule has 0 bridgehead atoms. The molecule has 1 unspecified atom stereocenters. The molecular weight excluding hydrogens is 342 g/mol. The van der Waals surface area contributed by atoms with Gasteiger partial charge in [0.2, 0.25) is 0 Å². The normalized spacial score (nSPS) is 11.6. The van der Waals surface area contributed by atoms with Crippen molar-refractivity contribution in [1.82, 2.24) is 5.32 Å². The van der Waals surface area contributed by atoms with Gasteiger partial charge in [0, 0.05) is 0 Å². The van der Waals surface area contributed by atoms with E-state index in [9.17, 15) is 4.79 Å². The van der Waals surface area contributed by atoms with Crippen LogP contribution in [-0.2, 0) is 4.79 Å². The molecule has 0 spiro atoms. The van der Waals surface area contributed by atoms with Gasteiger partial charge >= 0.3 is 0 Å². The third-order valence-corrected chi connectivity index (χ3v) is 4.15. The molecule has 0 aliphatic rings. The van der Waals surface area contributed by atoms with E-state index in [0.29, 0.717) is 24.7 Å². The first kappa shape index (κ1) is 20.6. The van der Waals surface area contributed by atoms with Crippen molar-refractivity contribution in [1.29, 1.82) is 0 Å². The molecule has 27 heavy (non-hydrogen) atoms. The summed E-state index contributed by atoms with van der Waals surface area (Å²) in [5.41, 5.74) is 3.05. The molecule has 0 aliphatic heterocycles. The minimum Gasteiger partial charge on any atom is -0.490 e. The Morgan fingerprint density at radius 1 is 0.926 bits per heavy atom. The van der Waals surface area contributed by atoms with Crippen molar-refractivity contribution in [3.63, 3.8) is 0 Å². The lowest BCUT2D eigenvalue weighted by Gasteiger charge is -2.18. The van der Waals surface area contributed by atoms with Gasteiger partial charge in [-0.2, -0.15) is 0 Å². The number of aryl methyl sites for hydroxylation is 2. The second-order valence-corrected chi connectivity index (χ2v) is 6.42. The van der Waals surface area contributed by atoms with Crippen molar-refractivity contribution in [2.45, 2.75) is 40.7 Å². The zero-order valence-corrected chi connectivity index (χ0v) is 16.8. The number of benzene rings is 2. The van der Waals surface area contributed by atoms with Crippen LogP contribution in [0.3, 0.4) is 0 Å². The Morgan fingerprint density at radius 3 is 2.33 bits per heavy atom. The predicted octanol–water partition coefficient (Wildman–Crippen LogP) is 4.36. The van der Waals surface area contributed by atoms with Crippen LogP contribution in [0.2, 0.25) is 0 Å². The maximum atomic E-state index is 12.3. The Hall–Kier alpha value is -2.69. The summed E-state index contributed by atoms with van der Waals surface area (Å²) in [5, 5.41) is 2.96. The number of rotatable bonds is 9. The van der Waals surface area contributed by atoms with E-state index in [1.165, 1.54) is 0 Å². The number of hydrogen-bond acceptors (Lipinski definition) is 4. The standard InChI is InChI=1S/C22H29NO4/c1-6-25-19-11-10-18(13-21(19)26-7-2)17(5)23-22(24)14-27-20-12-15(3)8-9-16(20)4/h8-13,17H,6-7,14H2,1-5H3,(H,23,24). The number of hydrogen-bond donors (Lipinski definition) is 1. The SMILES string of the molecule is CCOc1ccc(C(C)NC(=O)COc2cc(C)ccc2C)cc1OCC. The molecular formula is C22H29NO4. The molecule has 2 aromatic carbocycles. The molecule has 1 atom stereocenters. The minimum absolute atomic E-state index is 0.0238. The van der Waals surface area contributed by atoms with Crippen LogP contribution >= 0.6 is 0 Å². The van der Waals surface area contributed by atoms with Crippen LogP contribution in [0.1, 0.15) is 43.5 Å². The summed E-state index contributed by atoms with van der Waals surface area (Å²) in [6.45, 7) is 10.8. The molecule has 0 aliphatic carbocycles. The quantitative estimate of drug-likeness (QED) is 0.712. The molecule has 146 valence electrons. The lowest BCUT2D eigenvalue weighted by atomic mass is 10.1. The summed E-state index contributed by atoms with van der Waals surface area (Å²) in [6, 6.07) is 11.5. The molecule has 2 rings (SSSR count). The Kier molecular flexibility index (Phi) is 7.53. The van der Waals surface area contributed by atoms with E-state index in [1.54, 1.807) is 0 Å². The van der Waals surface area contributed by atoms with Gasteiger partial charge in [0.05, 0.1) is 19.3 Å². The van der Waals surface area contributed by atoms with Crippen molar-refractivity contribution in [2.24, 2.45) is 0 Å². The third-order valence-electron chi connectivity index (χ3n) is 4.15. The van der Waals surface area contributed by atoms with E-state index in [-0.39, 0.29) is 18.6 Å². The van der Waals surface area contributed by atoms with Gasteiger partial charge in [0.1, 0.15) is 5.75 Å². The zero-order chi connectivity index (χ0) is 19.8. The summed E-state index contributed by atoms with van der Waals surface area (Å²) in [4.78, 5) is 12.3. The fraction of sp³-hybridized carbons (Fsp3) is 0.409. The van der Waals surface area contributed by atoms with Crippen molar-refractivity contribution in [3.05, 3.63) is 53.1 Å². The lowest BCUT2D eigenvalue weighted by Crippen LogP contribution is -2.31. The topological polar surface area (TPSA) is 56.8 Å². The van der Waals surface area contributed by atoms with Gasteiger partial charge in [-0.05, 0) is 69.5 Å². The molecule has 0 fully saturated rings. The summed E-state index contributed by atoms with van der Waals surface area (Å²) < 4.78 is 16.9. The second-order valence-electron chi connectivity index (χ2n) is 6.42. The van der Waals surface area contributed by atoms with Crippen molar-refractivity contribution >= 4 is 5.91 Å². The number of carbonyl (C=O) groups excluding carboxylic acids is 1. The maximum absolute atomic E-state index is 12.3. The summed E-state index contributed by atoms with van der Waals surface area (Å²) in [7, 11) is 0. The first-order chi connectivity index (χ1) is 12.9. The lowest BCUT2D eigenvalue weighted by molar-refractivity contribution is -0.123. The monoisotopic (exact) mass is 371 g/mol. The number of amides is 1. The summed E-state index contributed by atoms with van der Waals surface area (Å²) in [5.74, 6) is 1.96. The smallest absolute Gasteiger partial charge is 0.258 e. The zero-order valence-electron chi connectivity index (χ0n) is 16.8. The van der Waals surface area contributed by atoms with E-state index in [0.717, 1.165) is 22.4 Å². The largest absolute Gasteiger partial charge is 0.490 e. The number of nitrogens with one attached hydrogen (secondary N) is 1. The molecule has 5 nitrogen and oxygen atoms in total. The van der Waals surface area contributed by atoms with Crippen molar-refractivity contribution < 1.29 is 19.0 Å². The number of ether oxygens (including phenoxy) is 3. The highest BCUT2D eigenvalue weighted by Gasteiger charge is 2.14. The first-order valence-electron chi connectivity index (χ1n) is 9.33. The maximum Gasteiger partial charge on any atom is 0.258 e. The van der Waals surface area contributed by atoms with Gasteiger partial charge in [0.15, 0.2) is 18.1 Å². The van der Waals surface area contributed by atoms with Crippen LogP contribution in [0.15, 0.2) is 36.4 Å². The van der Waals surface area contributed by atoms with Crippen LogP contribution in [0.4, 0.5) is 0 Å². The molecule has 0 heterocycles. The van der Waals surface area contributed by atoms with Crippen LogP contribution in [0.25, 0.3) is 0 Å². The second kappa shape index (κ2) is 9.86. The van der Waals surface area contributed by atoms with Gasteiger partial charge < -0.3 is 19.5 Å². The van der Waals surface area contributed by atoms with Gasteiger partial charge in [0.25, 0.3) is 5.91 Å². The first-order valence-corrected chi connectivity index (χ1v) is 9.33. The Balaban J connectivity index is 1.99. The molecule has 0 aromatic heterocycles. The highest BCUT2D eigenvalue weighted by Crippen LogP contribution is 2.30. The van der Waals surface area contributed by atoms with Crippen LogP contribution in [0.5, 0.6) is 17.2 Å². The van der Waals surface area contributed by atoms with E-state index >= 15 is 0 Å². The average molecular weight is 371 g/mol. The fourth-order valence-electron chi connectivity index (χ4n) is 2.71. The fourth-order valence-corrected chi connectivity index (χ4v) is 2.71. The minimum atomic E-state index is -0.172. The Bertz CT molecular complexity index is 773. The van der Waals surface area contributed by atoms with Crippen LogP contribution in [0, 0.1) is 13.8 Å². The molecule has 0 saturated carbocycles. The van der Waals surface area contributed by atoms with Crippen molar-refractivity contribution in [2.75, 3.05) is 19.8 Å². The van der Waals surface area contributed by atoms with E-state index in [4.69, 9.17) is 14.2 Å². The number of carbonyl (C=O) groups is 1. The van der Waals surface area contributed by atoms with Crippen molar-refractivity contribution in [3.8, 4) is 17.2 Å². The van der Waals surface area contributed by atoms with Gasteiger partial charge in [-0.15, -0.1) is 0 Å². The molecule has 1 N–H and O–H groups in total. The van der Waals surface area contributed by atoms with Crippen LogP contribution < -0.4 is 19.5 Å². The molecule has 2 aromatic rings. The third kappa shape index (κ3) is 5.91. The highest BCUT2D eigenvalue weighted by atomic mass is 16.5. The predicted molar refractivity (Wildman–Crippen MR) is 107 cm³/mol. The van der Waals surface area contributed by atoms with E-state index < -0.39 is 0 Å². The average Bonchev–Trinajstić information content (AvgIpc) is 2.64. The molecule has 5 heteroatoms. The highest BCUT2D eigenvalue weighted by molar-refractivity contribution is 5.78. The van der Waals surface area contributed by atoms with E-state index in [2.05, 4.69) is 5.32 Å². The Morgan fingerprint density at radius 2 is 1.63 bits per heavy atom. The molecule has 1 amide bonds.